The summed E-state index contributed by atoms with van der Waals surface area (Å²) >= 11 is 0. The SMILES string of the molecule is O=C1CCCC(c2ccc[nH]2)(c2ccc[nH]2)C1.O=C1CCCC(c2ccc[nH]2)(c2ccc[nH]2)C1. The normalized spacial score (nSPS) is 19.4. The Morgan fingerprint density at radius 1 is 0.529 bits per heavy atom. The van der Waals surface area contributed by atoms with E-state index in [1.807, 2.05) is 49.1 Å². The monoisotopic (exact) mass is 456 g/mol. The lowest BCUT2D eigenvalue weighted by molar-refractivity contribution is -0.122. The molecule has 4 heterocycles. The first-order valence-electron chi connectivity index (χ1n) is 12.2. The van der Waals surface area contributed by atoms with Gasteiger partial charge in [-0.2, -0.15) is 0 Å². The number of nitrogens with one attached hydrogen (secondary N) is 4. The lowest BCUT2D eigenvalue weighted by Crippen LogP contribution is -2.35. The third-order valence-corrected chi connectivity index (χ3v) is 7.57. The smallest absolute Gasteiger partial charge is 0.134 e. The molecular weight excluding hydrogens is 424 g/mol. The fourth-order valence-corrected chi connectivity index (χ4v) is 5.92. The Hall–Kier alpha value is -3.54. The Balaban J connectivity index is 0.000000142. The molecule has 2 fully saturated rings. The first-order chi connectivity index (χ1) is 16.6. The molecule has 4 aromatic heterocycles. The largest absolute Gasteiger partial charge is 0.364 e. The molecule has 0 unspecified atom stereocenters. The van der Waals surface area contributed by atoms with Crippen molar-refractivity contribution in [3.63, 3.8) is 0 Å². The van der Waals surface area contributed by atoms with Gasteiger partial charge in [0.2, 0.25) is 0 Å². The van der Waals surface area contributed by atoms with Crippen LogP contribution in [-0.4, -0.2) is 31.5 Å². The minimum absolute atomic E-state index is 0.164. The number of H-pyrrole nitrogens is 4. The number of Topliss-reactive ketones (excluding diaryl/α,β-unsaturated/α-hetero) is 2. The minimum atomic E-state index is -0.164. The number of hydrogen-bond acceptors (Lipinski definition) is 2. The summed E-state index contributed by atoms with van der Waals surface area (Å²) in [6.07, 6.45) is 14.4. The quantitative estimate of drug-likeness (QED) is 0.324. The Morgan fingerprint density at radius 2 is 0.853 bits per heavy atom. The van der Waals surface area contributed by atoms with Crippen LogP contribution in [0.3, 0.4) is 0 Å². The molecule has 6 rings (SSSR count). The van der Waals surface area contributed by atoms with Gasteiger partial charge in [0, 0.05) is 73.2 Å². The van der Waals surface area contributed by atoms with E-state index in [-0.39, 0.29) is 10.8 Å². The standard InChI is InChI=1S/2C14H16N2O/c2*17-11-4-1-7-14(10-11,12-5-2-8-15-12)13-6-3-9-16-13/h2*2-3,5-6,8-9,15-16H,1,4,7,10H2. The van der Waals surface area contributed by atoms with Crippen LogP contribution < -0.4 is 0 Å². The molecule has 0 radical (unpaired) electrons. The summed E-state index contributed by atoms with van der Waals surface area (Å²) in [6, 6.07) is 16.3. The van der Waals surface area contributed by atoms with Crippen molar-refractivity contribution in [3.8, 4) is 0 Å². The van der Waals surface area contributed by atoms with Crippen molar-refractivity contribution in [2.45, 2.75) is 62.2 Å². The third kappa shape index (κ3) is 4.09. The second kappa shape index (κ2) is 9.37. The lowest BCUT2D eigenvalue weighted by atomic mass is 9.69. The van der Waals surface area contributed by atoms with E-state index in [9.17, 15) is 9.59 Å². The van der Waals surface area contributed by atoms with Crippen molar-refractivity contribution in [1.82, 2.24) is 19.9 Å². The zero-order valence-corrected chi connectivity index (χ0v) is 19.4. The highest BCUT2D eigenvalue weighted by Gasteiger charge is 2.41. The number of carbonyl (C=O) groups excluding carboxylic acids is 2. The van der Waals surface area contributed by atoms with Gasteiger partial charge in [-0.15, -0.1) is 0 Å². The number of carbonyl (C=O) groups is 2. The van der Waals surface area contributed by atoms with E-state index >= 15 is 0 Å². The van der Waals surface area contributed by atoms with E-state index in [0.29, 0.717) is 24.4 Å². The molecule has 6 nitrogen and oxygen atoms in total. The van der Waals surface area contributed by atoms with Crippen LogP contribution in [0, 0.1) is 0 Å². The van der Waals surface area contributed by atoms with Crippen molar-refractivity contribution >= 4 is 11.6 Å². The maximum Gasteiger partial charge on any atom is 0.134 e. The Labute approximate surface area is 199 Å². The minimum Gasteiger partial charge on any atom is -0.364 e. The van der Waals surface area contributed by atoms with Gasteiger partial charge in [-0.05, 0) is 74.2 Å². The molecule has 2 aliphatic carbocycles. The summed E-state index contributed by atoms with van der Waals surface area (Å²) in [5.41, 5.74) is 4.26. The molecule has 4 aromatic rings. The van der Waals surface area contributed by atoms with E-state index in [1.54, 1.807) is 0 Å². The Morgan fingerprint density at radius 3 is 1.09 bits per heavy atom. The molecule has 0 amide bonds. The molecule has 176 valence electrons. The van der Waals surface area contributed by atoms with Gasteiger partial charge in [0.15, 0.2) is 0 Å². The zero-order chi connectivity index (χ0) is 23.4. The van der Waals surface area contributed by atoms with E-state index in [0.717, 1.165) is 61.3 Å². The van der Waals surface area contributed by atoms with Crippen LogP contribution in [0.5, 0.6) is 0 Å². The van der Waals surface area contributed by atoms with Gasteiger partial charge in [0.25, 0.3) is 0 Å². The van der Waals surface area contributed by atoms with E-state index in [1.165, 1.54) is 0 Å². The molecule has 4 N–H and O–H groups in total. The molecule has 0 bridgehead atoms. The highest BCUT2D eigenvalue weighted by Crippen LogP contribution is 2.43. The van der Waals surface area contributed by atoms with Crippen LogP contribution >= 0.6 is 0 Å². The maximum atomic E-state index is 11.8. The van der Waals surface area contributed by atoms with Crippen molar-refractivity contribution < 1.29 is 9.59 Å². The van der Waals surface area contributed by atoms with Crippen LogP contribution in [0.1, 0.15) is 74.1 Å². The molecule has 0 aromatic carbocycles. The average molecular weight is 457 g/mol. The van der Waals surface area contributed by atoms with Gasteiger partial charge >= 0.3 is 0 Å². The van der Waals surface area contributed by atoms with E-state index in [2.05, 4.69) is 44.2 Å². The number of hydrogen-bond donors (Lipinski definition) is 4. The van der Waals surface area contributed by atoms with Gasteiger partial charge in [0.05, 0.1) is 10.8 Å². The zero-order valence-electron chi connectivity index (χ0n) is 19.4. The predicted molar refractivity (Wildman–Crippen MR) is 132 cm³/mol. The highest BCUT2D eigenvalue weighted by molar-refractivity contribution is 5.82. The molecular formula is C28H32N4O2. The van der Waals surface area contributed by atoms with Crippen molar-refractivity contribution in [3.05, 3.63) is 96.1 Å². The van der Waals surface area contributed by atoms with Gasteiger partial charge in [-0.1, -0.05) is 0 Å². The molecule has 34 heavy (non-hydrogen) atoms. The van der Waals surface area contributed by atoms with Crippen LogP contribution in [0.2, 0.25) is 0 Å². The topological polar surface area (TPSA) is 97.3 Å². The number of aromatic amines is 4. The average Bonchev–Trinajstić information content (AvgIpc) is 3.69. The van der Waals surface area contributed by atoms with Gasteiger partial charge in [0.1, 0.15) is 11.6 Å². The van der Waals surface area contributed by atoms with Crippen molar-refractivity contribution in [2.24, 2.45) is 0 Å². The number of ketones is 2. The maximum absolute atomic E-state index is 11.8. The van der Waals surface area contributed by atoms with Gasteiger partial charge < -0.3 is 19.9 Å². The first kappa shape index (κ1) is 22.3. The van der Waals surface area contributed by atoms with Crippen LogP contribution in [0.25, 0.3) is 0 Å². The van der Waals surface area contributed by atoms with E-state index in [4.69, 9.17) is 0 Å². The van der Waals surface area contributed by atoms with Crippen molar-refractivity contribution in [1.29, 1.82) is 0 Å². The molecule has 0 saturated heterocycles. The Kier molecular flexibility index (Phi) is 6.14. The molecule has 0 aliphatic heterocycles. The molecule has 0 atom stereocenters. The van der Waals surface area contributed by atoms with Gasteiger partial charge in [-0.3, -0.25) is 9.59 Å². The summed E-state index contributed by atoms with van der Waals surface area (Å²) in [4.78, 5) is 36.8. The Bertz CT molecular complexity index is 1020. The number of aromatic nitrogens is 4. The van der Waals surface area contributed by atoms with Crippen LogP contribution in [-0.2, 0) is 20.4 Å². The molecule has 2 aliphatic rings. The summed E-state index contributed by atoms with van der Waals surface area (Å²) in [5.74, 6) is 0.723. The third-order valence-electron chi connectivity index (χ3n) is 7.57. The van der Waals surface area contributed by atoms with Crippen molar-refractivity contribution in [2.75, 3.05) is 0 Å². The van der Waals surface area contributed by atoms with E-state index < -0.39 is 0 Å². The lowest BCUT2D eigenvalue weighted by Gasteiger charge is -2.35. The second-order valence-corrected chi connectivity index (χ2v) is 9.64. The summed E-state index contributed by atoms with van der Waals surface area (Å²) in [5, 5.41) is 0. The van der Waals surface area contributed by atoms with Crippen LogP contribution in [0.4, 0.5) is 0 Å². The summed E-state index contributed by atoms with van der Waals surface area (Å²) < 4.78 is 0. The second-order valence-electron chi connectivity index (χ2n) is 9.64. The highest BCUT2D eigenvalue weighted by atomic mass is 16.1. The first-order valence-corrected chi connectivity index (χ1v) is 12.2. The molecule has 6 heteroatoms. The fraction of sp³-hybridized carbons (Fsp3) is 0.357. The molecule has 0 spiro atoms. The predicted octanol–water partition coefficient (Wildman–Crippen LogP) is 5.54. The summed E-state index contributed by atoms with van der Waals surface area (Å²) in [7, 11) is 0. The van der Waals surface area contributed by atoms with Crippen LogP contribution in [0.15, 0.2) is 73.3 Å². The number of rotatable bonds is 4. The molecule has 2 saturated carbocycles. The fourth-order valence-electron chi connectivity index (χ4n) is 5.92. The summed E-state index contributed by atoms with van der Waals surface area (Å²) in [6.45, 7) is 0. The van der Waals surface area contributed by atoms with Gasteiger partial charge in [-0.25, -0.2) is 0 Å².